The molecule has 152 valence electrons. The Morgan fingerprint density at radius 1 is 0.781 bits per heavy atom. The van der Waals surface area contributed by atoms with E-state index in [-0.39, 0.29) is 11.2 Å². The number of nitrogens with one attached hydrogen (secondary N) is 1. The molecule has 0 spiro atoms. The standard InChI is InChI=1S/C16H9NO2.C11H8N2/c17-10-14-15(11-6-2-1-3-7-11)16(18)12-8-4-5-9-13(12)19-14;1-2-4-10-8(3-1)9-5-6-12-7-11(9)13-10/h1-9H;1-7,13H. The minimum absolute atomic E-state index is 0.0508. The lowest BCUT2D eigenvalue weighted by Crippen LogP contribution is -2.07. The molecule has 6 aromatic rings. The van der Waals surface area contributed by atoms with E-state index in [0.29, 0.717) is 22.1 Å². The Kier molecular flexibility index (Phi) is 4.95. The number of para-hydroxylation sites is 2. The van der Waals surface area contributed by atoms with Crippen LogP contribution < -0.4 is 5.43 Å². The molecule has 0 aliphatic heterocycles. The van der Waals surface area contributed by atoms with Crippen molar-refractivity contribution in [3.8, 4) is 17.2 Å². The van der Waals surface area contributed by atoms with Crippen molar-refractivity contribution in [2.75, 3.05) is 0 Å². The van der Waals surface area contributed by atoms with Gasteiger partial charge >= 0.3 is 0 Å². The molecule has 0 saturated carbocycles. The van der Waals surface area contributed by atoms with Crippen LogP contribution in [0.4, 0.5) is 0 Å². The van der Waals surface area contributed by atoms with Crippen molar-refractivity contribution in [1.29, 1.82) is 5.26 Å². The molecule has 0 unspecified atom stereocenters. The number of benzene rings is 3. The molecule has 0 amide bonds. The van der Waals surface area contributed by atoms with E-state index in [2.05, 4.69) is 28.2 Å². The predicted octanol–water partition coefficient (Wildman–Crippen LogP) is 6.05. The van der Waals surface area contributed by atoms with Gasteiger partial charge in [0, 0.05) is 22.5 Å². The molecule has 5 heteroatoms. The van der Waals surface area contributed by atoms with Crippen LogP contribution >= 0.6 is 0 Å². The van der Waals surface area contributed by atoms with Crippen molar-refractivity contribution in [2.24, 2.45) is 0 Å². The summed E-state index contributed by atoms with van der Waals surface area (Å²) >= 11 is 0. The van der Waals surface area contributed by atoms with E-state index in [4.69, 9.17) is 4.42 Å². The molecule has 0 aliphatic carbocycles. The number of hydrogen-bond acceptors (Lipinski definition) is 4. The summed E-state index contributed by atoms with van der Waals surface area (Å²) in [5, 5.41) is 12.2. The lowest BCUT2D eigenvalue weighted by molar-refractivity contribution is 0.588. The van der Waals surface area contributed by atoms with Crippen molar-refractivity contribution < 1.29 is 4.42 Å². The van der Waals surface area contributed by atoms with Gasteiger partial charge in [-0.1, -0.05) is 60.7 Å². The average Bonchev–Trinajstić information content (AvgIpc) is 3.24. The molecule has 3 aromatic heterocycles. The Balaban J connectivity index is 0.000000144. The Hall–Kier alpha value is -4.69. The summed E-state index contributed by atoms with van der Waals surface area (Å²) < 4.78 is 5.52. The van der Waals surface area contributed by atoms with Gasteiger partial charge in [-0.15, -0.1) is 0 Å². The smallest absolute Gasteiger partial charge is 0.215 e. The van der Waals surface area contributed by atoms with Crippen LogP contribution in [-0.4, -0.2) is 9.97 Å². The van der Waals surface area contributed by atoms with Crippen LogP contribution in [-0.2, 0) is 0 Å². The highest BCUT2D eigenvalue weighted by atomic mass is 16.3. The van der Waals surface area contributed by atoms with Crippen molar-refractivity contribution in [3.05, 3.63) is 113 Å². The van der Waals surface area contributed by atoms with Crippen LogP contribution in [0.5, 0.6) is 0 Å². The normalized spacial score (nSPS) is 10.6. The minimum atomic E-state index is -0.176. The first kappa shape index (κ1) is 19.3. The van der Waals surface area contributed by atoms with Crippen molar-refractivity contribution >= 4 is 32.8 Å². The van der Waals surface area contributed by atoms with Gasteiger partial charge in [0.2, 0.25) is 11.2 Å². The van der Waals surface area contributed by atoms with Crippen LogP contribution in [0.3, 0.4) is 0 Å². The first-order valence-electron chi connectivity index (χ1n) is 10.1. The van der Waals surface area contributed by atoms with E-state index < -0.39 is 0 Å². The Bertz CT molecular complexity index is 1610. The Morgan fingerprint density at radius 3 is 2.28 bits per heavy atom. The topological polar surface area (TPSA) is 82.7 Å². The molecule has 32 heavy (non-hydrogen) atoms. The van der Waals surface area contributed by atoms with Crippen LogP contribution in [0.15, 0.2) is 107 Å². The van der Waals surface area contributed by atoms with E-state index in [1.54, 1.807) is 36.4 Å². The number of nitrogens with zero attached hydrogens (tertiary/aromatic N) is 2. The largest absolute Gasteiger partial charge is 0.445 e. The van der Waals surface area contributed by atoms with Crippen LogP contribution in [0.25, 0.3) is 43.9 Å². The summed E-state index contributed by atoms with van der Waals surface area (Å²) in [7, 11) is 0. The van der Waals surface area contributed by atoms with Gasteiger partial charge < -0.3 is 9.40 Å². The zero-order valence-electron chi connectivity index (χ0n) is 16.9. The zero-order chi connectivity index (χ0) is 21.9. The number of nitriles is 1. The molecule has 3 heterocycles. The summed E-state index contributed by atoms with van der Waals surface area (Å²) in [6, 6.07) is 28.3. The summed E-state index contributed by atoms with van der Waals surface area (Å²) in [6.45, 7) is 0. The lowest BCUT2D eigenvalue weighted by Gasteiger charge is -2.04. The van der Waals surface area contributed by atoms with E-state index >= 15 is 0 Å². The van der Waals surface area contributed by atoms with Crippen LogP contribution in [0, 0.1) is 11.3 Å². The Morgan fingerprint density at radius 2 is 1.47 bits per heavy atom. The van der Waals surface area contributed by atoms with Gasteiger partial charge in [-0.3, -0.25) is 9.78 Å². The quantitative estimate of drug-likeness (QED) is 0.354. The van der Waals surface area contributed by atoms with Gasteiger partial charge in [-0.25, -0.2) is 0 Å². The molecule has 0 radical (unpaired) electrons. The number of pyridine rings is 1. The van der Waals surface area contributed by atoms with Gasteiger partial charge in [0.25, 0.3) is 0 Å². The molecule has 0 aliphatic rings. The second kappa shape index (κ2) is 8.21. The summed E-state index contributed by atoms with van der Waals surface area (Å²) in [4.78, 5) is 19.9. The first-order chi connectivity index (χ1) is 15.8. The van der Waals surface area contributed by atoms with Crippen molar-refractivity contribution in [3.63, 3.8) is 0 Å². The second-order valence-electron chi connectivity index (χ2n) is 7.20. The van der Waals surface area contributed by atoms with E-state index in [0.717, 1.165) is 5.52 Å². The van der Waals surface area contributed by atoms with E-state index in [9.17, 15) is 10.1 Å². The van der Waals surface area contributed by atoms with Crippen LogP contribution in [0.1, 0.15) is 5.76 Å². The number of hydrogen-bond donors (Lipinski definition) is 1. The molecule has 6 rings (SSSR count). The first-order valence-corrected chi connectivity index (χ1v) is 10.1. The number of rotatable bonds is 1. The SMILES string of the molecule is N#Cc1oc2ccccc2c(=O)c1-c1ccccc1.c1ccc2c(c1)[nH]c1cnccc12. The van der Waals surface area contributed by atoms with Gasteiger partial charge in [0.05, 0.1) is 22.7 Å². The summed E-state index contributed by atoms with van der Waals surface area (Å²) in [5.41, 5.74) is 3.54. The average molecular weight is 415 g/mol. The zero-order valence-corrected chi connectivity index (χ0v) is 16.9. The molecule has 0 fully saturated rings. The fourth-order valence-corrected chi connectivity index (χ4v) is 3.79. The van der Waals surface area contributed by atoms with E-state index in [1.807, 2.05) is 48.8 Å². The maximum Gasteiger partial charge on any atom is 0.215 e. The molecule has 0 saturated heterocycles. The fourth-order valence-electron chi connectivity index (χ4n) is 3.79. The molecule has 0 atom stereocenters. The molecule has 5 nitrogen and oxygen atoms in total. The number of fused-ring (bicyclic) bond motifs is 4. The van der Waals surface area contributed by atoms with Gasteiger partial charge in [-0.05, 0) is 29.8 Å². The van der Waals surface area contributed by atoms with Crippen molar-refractivity contribution in [1.82, 2.24) is 9.97 Å². The van der Waals surface area contributed by atoms with Crippen molar-refractivity contribution in [2.45, 2.75) is 0 Å². The molecule has 3 aromatic carbocycles. The maximum atomic E-state index is 12.5. The van der Waals surface area contributed by atoms with E-state index in [1.165, 1.54) is 16.3 Å². The number of aromatic amines is 1. The third-order valence-electron chi connectivity index (χ3n) is 5.27. The fraction of sp³-hybridized carbons (Fsp3) is 0. The third kappa shape index (κ3) is 3.40. The predicted molar refractivity (Wildman–Crippen MR) is 126 cm³/mol. The highest BCUT2D eigenvalue weighted by molar-refractivity contribution is 6.06. The maximum absolute atomic E-state index is 12.5. The second-order valence-corrected chi connectivity index (χ2v) is 7.20. The molecular formula is C27H17N3O2. The molecule has 1 N–H and O–H groups in total. The summed E-state index contributed by atoms with van der Waals surface area (Å²) in [6.07, 6.45) is 3.68. The molecular weight excluding hydrogens is 398 g/mol. The highest BCUT2D eigenvalue weighted by Crippen LogP contribution is 2.24. The lowest BCUT2D eigenvalue weighted by atomic mass is 10.0. The minimum Gasteiger partial charge on any atom is -0.445 e. The van der Waals surface area contributed by atoms with Gasteiger partial charge in [0.1, 0.15) is 11.7 Å². The summed E-state index contributed by atoms with van der Waals surface area (Å²) in [5.74, 6) is 0.0508. The van der Waals surface area contributed by atoms with Gasteiger partial charge in [-0.2, -0.15) is 5.26 Å². The monoisotopic (exact) mass is 415 g/mol. The highest BCUT2D eigenvalue weighted by Gasteiger charge is 2.15. The van der Waals surface area contributed by atoms with Crippen LogP contribution in [0.2, 0.25) is 0 Å². The van der Waals surface area contributed by atoms with Gasteiger partial charge in [0.15, 0.2) is 0 Å². The third-order valence-corrected chi connectivity index (χ3v) is 5.27. The number of H-pyrrole nitrogens is 1. The number of aromatic nitrogens is 2. The Labute approximate surface area is 183 Å². The molecule has 0 bridgehead atoms.